The fourth-order valence-electron chi connectivity index (χ4n) is 12.1. The highest BCUT2D eigenvalue weighted by Gasteiger charge is 2.28. The number of hydrogen-bond acceptors (Lipinski definition) is 38. The zero-order chi connectivity index (χ0) is 101. The quantitative estimate of drug-likeness (QED) is 0.0142. The average molecular weight is 2110 g/mol. The molecule has 3 aromatic heterocycles. The van der Waals surface area contributed by atoms with E-state index in [1.54, 1.807) is 6.20 Å². The van der Waals surface area contributed by atoms with Crippen LogP contribution >= 0.6 is 0 Å². The Kier molecular flexibility index (Phi) is 45.8. The van der Waals surface area contributed by atoms with Crippen LogP contribution in [-0.2, 0) is 120 Å². The number of Topliss-reactive ketones (excluding diaryl/α,β-unsaturated/α-hetero) is 1. The maximum absolute atomic E-state index is 14.1. The fourth-order valence-corrected chi connectivity index (χ4v) is 15.9. The molecule has 0 aliphatic heterocycles. The number of nitrogens with one attached hydrogen (secondary N) is 3. The number of carbonyl (C=O) groups excluding carboxylic acids is 4. The fraction of sp³-hybridized carbons (Fsp3) is 0.564. The van der Waals surface area contributed by atoms with Crippen molar-refractivity contribution in [2.24, 2.45) is 0 Å². The van der Waals surface area contributed by atoms with Crippen molar-refractivity contribution >= 4 is 104 Å². The Bertz CT molecular complexity index is 6030. The molecule has 7 aromatic rings. The summed E-state index contributed by atoms with van der Waals surface area (Å²) in [6.07, 6.45) is 5.81. The summed E-state index contributed by atoms with van der Waals surface area (Å²) in [6, 6.07) is 10.3. The number of rotatable bonds is 72. The minimum absolute atomic E-state index is 0.0209. The highest BCUT2D eigenvalue weighted by molar-refractivity contribution is 7.87. The van der Waals surface area contributed by atoms with Gasteiger partial charge < -0.3 is 72.8 Å². The van der Waals surface area contributed by atoms with Crippen molar-refractivity contribution in [1.29, 1.82) is 0 Å². The van der Waals surface area contributed by atoms with Crippen LogP contribution in [0.4, 0.5) is 0 Å². The van der Waals surface area contributed by atoms with Crippen LogP contribution < -0.4 is 72.8 Å². The van der Waals surface area contributed by atoms with Crippen LogP contribution in [0.3, 0.4) is 0 Å². The van der Waals surface area contributed by atoms with Crippen molar-refractivity contribution in [3.63, 3.8) is 0 Å². The second-order valence-electron chi connectivity index (χ2n) is 30.5. The Morgan fingerprint density at radius 3 is 0.725 bits per heavy atom. The molecule has 3 amide bonds. The maximum atomic E-state index is 14.1. The Labute approximate surface area is 796 Å². The van der Waals surface area contributed by atoms with Gasteiger partial charge in [-0.2, -0.15) is 67.3 Å². The van der Waals surface area contributed by atoms with Gasteiger partial charge in [0.1, 0.15) is 36.9 Å². The summed E-state index contributed by atoms with van der Waals surface area (Å²) in [5.41, 5.74) is 0.592. The minimum atomic E-state index is -4.45. The molecule has 772 valence electrons. The van der Waals surface area contributed by atoms with Gasteiger partial charge in [0.2, 0.25) is 23.0 Å². The molecule has 0 aliphatic rings. The van der Waals surface area contributed by atoms with Gasteiger partial charge in [-0.15, -0.1) is 15.3 Å². The first-order chi connectivity index (χ1) is 65.0. The standard InChI is InChI=1S/C78H112N12O40S8/c1-3-5-18-63(91)56-42-70(128-53-60-50-88(85-82-60)22-7-19-79-76(92)57-44-64(119-25-6-4-2)72(125-31-15-39-136(110,111)112)65(45-57)120-26-10-34-131(95,96)97)75(130-55-62-52-90(87-84-62)24-9-21-81-78(94)59-48-68(123-29-13-37-134(104,105)106)74(127-33-17-41-138(116,117)118)69(49-59)124-30-14-38-135(107,108)109)71(43-56)129-54-61-51-89(86-83-61)23-8-20-80-77(93)58-46-66(121-27-11-35-132(98,99)100)73(126-32-16-40-137(113,114)115)67(47-58)122-28-12-36-133(101,102)103/h42-52H,3-41,53-55H2,1-2H3,(H,79,92)(H,80,93)(H,81,94)(H,95,96,97)(H,98,99,100)(H,101,102,103)(H,104,105,106)(H,107,108,109)(H,110,111,112)(H,113,114,115)(H,116,117,118). The van der Waals surface area contributed by atoms with Gasteiger partial charge in [0, 0.05) is 67.9 Å². The third-order valence-corrected chi connectivity index (χ3v) is 25.0. The normalized spacial score (nSPS) is 12.2. The number of benzene rings is 4. The van der Waals surface area contributed by atoms with Gasteiger partial charge in [-0.25, -0.2) is 0 Å². The molecule has 0 aliphatic carbocycles. The van der Waals surface area contributed by atoms with Crippen LogP contribution in [0.15, 0.2) is 67.1 Å². The van der Waals surface area contributed by atoms with Crippen LogP contribution in [0.1, 0.15) is 175 Å². The monoisotopic (exact) mass is 2110 g/mol. The van der Waals surface area contributed by atoms with Gasteiger partial charge in [0.15, 0.2) is 51.8 Å². The highest BCUT2D eigenvalue weighted by Crippen LogP contribution is 2.44. The number of hydrogen-bond donors (Lipinski definition) is 11. The third-order valence-electron chi connectivity index (χ3n) is 18.5. The largest absolute Gasteiger partial charge is 0.490 e. The topological polar surface area (TPSA) is 742 Å². The van der Waals surface area contributed by atoms with Crippen molar-refractivity contribution < 1.29 is 180 Å². The lowest BCUT2D eigenvalue weighted by Crippen LogP contribution is -2.25. The van der Waals surface area contributed by atoms with Crippen LogP contribution in [0.2, 0.25) is 0 Å². The second kappa shape index (κ2) is 55.3. The molecule has 0 atom stereocenters. The van der Waals surface area contributed by atoms with E-state index in [9.17, 15) is 123 Å². The predicted octanol–water partition coefficient (Wildman–Crippen LogP) is 4.46. The summed E-state index contributed by atoms with van der Waals surface area (Å²) >= 11 is 0. The first kappa shape index (κ1) is 114. The number of aryl methyl sites for hydroxylation is 3. The average Bonchev–Trinajstić information content (AvgIpc) is 1.12. The molecule has 0 saturated carbocycles. The molecule has 3 heterocycles. The van der Waals surface area contributed by atoms with Crippen molar-refractivity contribution in [2.45, 2.75) is 156 Å². The maximum Gasteiger partial charge on any atom is 0.264 e. The molecule has 11 N–H and O–H groups in total. The molecule has 138 heavy (non-hydrogen) atoms. The molecule has 0 fully saturated rings. The second-order valence-corrected chi connectivity index (χ2v) is 43.0. The molecule has 0 spiro atoms. The van der Waals surface area contributed by atoms with Gasteiger partial charge in [-0.05, 0) is 132 Å². The third kappa shape index (κ3) is 45.9. The Morgan fingerprint density at radius 2 is 0.486 bits per heavy atom. The number of unbranched alkanes of at least 4 members (excludes halogenated alkanes) is 2. The lowest BCUT2D eigenvalue weighted by Gasteiger charge is -2.19. The molecule has 52 nitrogen and oxygen atoms in total. The van der Waals surface area contributed by atoms with Gasteiger partial charge in [0.25, 0.3) is 98.7 Å². The van der Waals surface area contributed by atoms with E-state index in [4.69, 9.17) is 56.8 Å². The summed E-state index contributed by atoms with van der Waals surface area (Å²) in [5, 5.41) is 33.8. The zero-order valence-corrected chi connectivity index (χ0v) is 81.5. The SMILES string of the molecule is CCCCOc1cc(C(=O)NCCCn2cc(COc3cc(C(=O)CCCC)cc(OCc4cn(CCCNC(=O)c5cc(OCCCS(=O)(=O)O)c(OCCCS(=O)(=O)O)c(OCCCS(=O)(=O)O)c5)nn4)c3OCc3cn(CCCNC(=O)c4cc(OCCCS(=O)(=O)O)c(OCCCS(=O)(=O)O)c(OCCCS(=O)(=O)O)c4)nn3)nn2)cc(OCCCS(=O)(=O)O)c1OCCCS(=O)(=O)O. The minimum Gasteiger partial charge on any atom is -0.490 e. The van der Waals surface area contributed by atoms with E-state index in [-0.39, 0.29) is 297 Å². The zero-order valence-electron chi connectivity index (χ0n) is 75.0. The molecule has 0 radical (unpaired) electrons. The van der Waals surface area contributed by atoms with Crippen LogP contribution in [0.25, 0.3) is 0 Å². The number of ketones is 1. The summed E-state index contributed by atoms with van der Waals surface area (Å²) in [7, 11) is -35.4. The van der Waals surface area contributed by atoms with Gasteiger partial charge in [-0.1, -0.05) is 42.3 Å². The number of nitrogens with zero attached hydrogens (tertiary/aromatic N) is 9. The van der Waals surface area contributed by atoms with Crippen molar-refractivity contribution in [1.82, 2.24) is 60.9 Å². The lowest BCUT2D eigenvalue weighted by molar-refractivity contribution is 0.0943. The van der Waals surface area contributed by atoms with E-state index in [0.29, 0.717) is 25.7 Å². The summed E-state index contributed by atoms with van der Waals surface area (Å²) in [4.78, 5) is 55.7. The molecular weight excluding hydrogens is 2000 g/mol. The summed E-state index contributed by atoms with van der Waals surface area (Å²) < 4.78 is 335. The molecule has 0 unspecified atom stereocenters. The predicted molar refractivity (Wildman–Crippen MR) is 486 cm³/mol. The van der Waals surface area contributed by atoms with Crippen molar-refractivity contribution in [3.8, 4) is 69.0 Å². The van der Waals surface area contributed by atoms with E-state index >= 15 is 0 Å². The molecule has 4 aromatic carbocycles. The van der Waals surface area contributed by atoms with E-state index in [0.717, 1.165) is 0 Å². The number of ether oxygens (including phenoxy) is 12. The van der Waals surface area contributed by atoms with Crippen LogP contribution in [-0.4, -0.2) is 297 Å². The number of amides is 3. The first-order valence-corrected chi connectivity index (χ1v) is 55.8. The first-order valence-electron chi connectivity index (χ1n) is 42.9. The van der Waals surface area contributed by atoms with Crippen LogP contribution in [0.5, 0.6) is 69.0 Å². The van der Waals surface area contributed by atoms with E-state index in [2.05, 4.69) is 46.9 Å². The van der Waals surface area contributed by atoms with Crippen molar-refractivity contribution in [3.05, 3.63) is 106 Å². The molecule has 0 saturated heterocycles. The Hall–Kier alpha value is -10.7. The summed E-state index contributed by atoms with van der Waals surface area (Å²) in [6.45, 7) is 0.494. The molecular formula is C78H112N12O40S8. The van der Waals surface area contributed by atoms with E-state index in [1.165, 1.54) is 75.0 Å². The van der Waals surface area contributed by atoms with Crippen molar-refractivity contribution in [2.75, 3.05) is 125 Å². The van der Waals surface area contributed by atoms with E-state index in [1.807, 2.05) is 13.8 Å². The summed E-state index contributed by atoms with van der Waals surface area (Å²) in [5.74, 6) is -9.74. The molecule has 7 rings (SSSR count). The van der Waals surface area contributed by atoms with Gasteiger partial charge >= 0.3 is 0 Å². The van der Waals surface area contributed by atoms with E-state index < -0.39 is 158 Å². The molecule has 0 bridgehead atoms. The highest BCUT2D eigenvalue weighted by atomic mass is 32.2. The Balaban J connectivity index is 1.11. The smallest absolute Gasteiger partial charge is 0.264 e. The Morgan fingerprint density at radius 1 is 0.275 bits per heavy atom. The van der Waals surface area contributed by atoms with Crippen LogP contribution in [0, 0.1) is 0 Å². The lowest BCUT2D eigenvalue weighted by atomic mass is 10.0. The number of carbonyl (C=O) groups is 4. The van der Waals surface area contributed by atoms with Gasteiger partial charge in [-0.3, -0.25) is 69.6 Å². The number of aromatic nitrogens is 9. The van der Waals surface area contributed by atoms with Gasteiger partial charge in [0.05, 0.1) is 124 Å². The molecule has 60 heteroatoms.